The van der Waals surface area contributed by atoms with Crippen LogP contribution in [0.15, 0.2) is 285 Å². The molecule has 77 heavy (non-hydrogen) atoms. The average Bonchev–Trinajstić information content (AvgIpc) is 4.13. The minimum atomic E-state index is -0.578. The van der Waals surface area contributed by atoms with Crippen molar-refractivity contribution in [1.82, 2.24) is 0 Å². The van der Waals surface area contributed by atoms with E-state index in [4.69, 9.17) is 9.47 Å². The second-order valence-electron chi connectivity index (χ2n) is 20.6. The molecule has 360 valence electrons. The van der Waals surface area contributed by atoms with Crippen molar-refractivity contribution in [2.45, 2.75) is 10.8 Å². The molecular weight excluding hydrogens is 935 g/mol. The topological polar surface area (TPSA) is 21.7 Å². The lowest BCUT2D eigenvalue weighted by Gasteiger charge is -2.39. The molecular formula is C74H47NO2. The zero-order valence-electron chi connectivity index (χ0n) is 41.9. The van der Waals surface area contributed by atoms with E-state index < -0.39 is 10.8 Å². The molecule has 16 rings (SSSR count). The van der Waals surface area contributed by atoms with Crippen LogP contribution in [0.4, 0.5) is 17.1 Å². The maximum absolute atomic E-state index is 6.70. The highest BCUT2D eigenvalue weighted by Crippen LogP contribution is 2.64. The summed E-state index contributed by atoms with van der Waals surface area (Å²) >= 11 is 0. The monoisotopic (exact) mass is 981 g/mol. The molecule has 0 N–H and O–H groups in total. The summed E-state index contributed by atoms with van der Waals surface area (Å²) in [5, 5.41) is 0. The van der Waals surface area contributed by atoms with Crippen molar-refractivity contribution >= 4 is 17.1 Å². The number of hydrogen-bond donors (Lipinski definition) is 0. The van der Waals surface area contributed by atoms with Gasteiger partial charge in [-0.15, -0.1) is 0 Å². The molecule has 12 aromatic rings. The van der Waals surface area contributed by atoms with E-state index in [2.05, 4.69) is 290 Å². The third kappa shape index (κ3) is 6.20. The van der Waals surface area contributed by atoms with Gasteiger partial charge < -0.3 is 14.4 Å². The minimum absolute atomic E-state index is 0.507. The summed E-state index contributed by atoms with van der Waals surface area (Å²) in [6.07, 6.45) is 0. The first-order valence-electron chi connectivity index (χ1n) is 26.6. The second kappa shape index (κ2) is 16.8. The molecule has 2 heterocycles. The standard InChI is InChI=1S/C74H47NO2/c1-2-18-48(19-3-1)49-34-40-53(41-35-49)75(54-42-36-50(37-43-54)51-39-45-62-59(46-51)57-22-5-8-24-61(57)73(62)63-25-9-14-30-69(63)76-70-31-15-10-26-64(70)73)68-29-13-6-20-55(68)52-38-44-58-56-21-4-7-23-60(56)74(67(58)47-52)65-27-11-16-32-71(65)77-72-33-17-12-28-66(72)74/h1-47H. The molecule has 2 spiro atoms. The molecule has 0 atom stereocenters. The zero-order valence-corrected chi connectivity index (χ0v) is 41.9. The number of fused-ring (bicyclic) bond motifs is 18. The van der Waals surface area contributed by atoms with Crippen molar-refractivity contribution in [3.8, 4) is 78.6 Å². The highest BCUT2D eigenvalue weighted by molar-refractivity contribution is 5.95. The number of benzene rings is 12. The Hall–Kier alpha value is -9.96. The van der Waals surface area contributed by atoms with Gasteiger partial charge in [-0.2, -0.15) is 0 Å². The molecule has 4 aliphatic rings. The number of anilines is 3. The largest absolute Gasteiger partial charge is 0.457 e. The van der Waals surface area contributed by atoms with Crippen molar-refractivity contribution in [3.05, 3.63) is 330 Å². The predicted octanol–water partition coefficient (Wildman–Crippen LogP) is 19.1. The zero-order chi connectivity index (χ0) is 50.7. The Kier molecular flexibility index (Phi) is 9.47. The van der Waals surface area contributed by atoms with Gasteiger partial charge in [-0.3, -0.25) is 0 Å². The molecule has 12 aromatic carbocycles. The van der Waals surface area contributed by atoms with Crippen LogP contribution in [0.2, 0.25) is 0 Å². The molecule has 0 bridgehead atoms. The Morgan fingerprint density at radius 2 is 0.584 bits per heavy atom. The van der Waals surface area contributed by atoms with Crippen molar-refractivity contribution < 1.29 is 9.47 Å². The van der Waals surface area contributed by atoms with Crippen molar-refractivity contribution in [3.63, 3.8) is 0 Å². The van der Waals surface area contributed by atoms with Gasteiger partial charge in [0.15, 0.2) is 0 Å². The van der Waals surface area contributed by atoms with Crippen molar-refractivity contribution in [2.24, 2.45) is 0 Å². The number of para-hydroxylation sites is 5. The second-order valence-corrected chi connectivity index (χ2v) is 20.6. The Labute approximate surface area is 448 Å². The molecule has 0 aromatic heterocycles. The Morgan fingerprint density at radius 3 is 1.13 bits per heavy atom. The summed E-state index contributed by atoms with van der Waals surface area (Å²) in [6.45, 7) is 0. The van der Waals surface area contributed by atoms with E-state index in [0.29, 0.717) is 0 Å². The van der Waals surface area contributed by atoms with E-state index in [9.17, 15) is 0 Å². The molecule has 0 saturated heterocycles. The molecule has 2 aliphatic heterocycles. The normalized spacial score (nSPS) is 13.9. The van der Waals surface area contributed by atoms with Gasteiger partial charge in [0.2, 0.25) is 0 Å². The van der Waals surface area contributed by atoms with Gasteiger partial charge in [0.05, 0.1) is 16.5 Å². The molecule has 0 saturated carbocycles. The fourth-order valence-corrected chi connectivity index (χ4v) is 13.6. The van der Waals surface area contributed by atoms with E-state index in [1.807, 2.05) is 0 Å². The quantitative estimate of drug-likeness (QED) is 0.166. The van der Waals surface area contributed by atoms with Crippen LogP contribution < -0.4 is 14.4 Å². The third-order valence-electron chi connectivity index (χ3n) is 16.8. The molecule has 0 fully saturated rings. The summed E-state index contributed by atoms with van der Waals surface area (Å²) in [5.41, 5.74) is 23.8. The Bertz CT molecular complexity index is 4250. The summed E-state index contributed by atoms with van der Waals surface area (Å²) < 4.78 is 13.3. The van der Waals surface area contributed by atoms with Gasteiger partial charge in [-0.1, -0.05) is 218 Å². The van der Waals surface area contributed by atoms with Crippen LogP contribution in [0.3, 0.4) is 0 Å². The van der Waals surface area contributed by atoms with Gasteiger partial charge >= 0.3 is 0 Å². The molecule has 0 amide bonds. The lowest BCUT2D eigenvalue weighted by molar-refractivity contribution is 0.436. The van der Waals surface area contributed by atoms with E-state index in [-0.39, 0.29) is 0 Å². The van der Waals surface area contributed by atoms with Crippen LogP contribution in [0.25, 0.3) is 55.6 Å². The fraction of sp³-hybridized carbons (Fsp3) is 0.0270. The number of hydrogen-bond acceptors (Lipinski definition) is 3. The fourth-order valence-electron chi connectivity index (χ4n) is 13.6. The van der Waals surface area contributed by atoms with Crippen LogP contribution in [0.1, 0.15) is 44.5 Å². The first-order chi connectivity index (χ1) is 38.2. The minimum Gasteiger partial charge on any atom is -0.457 e. The lowest BCUT2D eigenvalue weighted by Crippen LogP contribution is -2.32. The SMILES string of the molecule is c1ccc(-c2ccc(N(c3ccc(-c4ccc5c(c4)-c4ccccc4C54c5ccccc5Oc5ccccc54)cc3)c3ccccc3-c3ccc4c(c3)C3(c5ccccc5Oc5ccccc53)c3ccccc3-4)cc2)cc1. The number of rotatable bonds is 6. The molecule has 0 radical (unpaired) electrons. The van der Waals surface area contributed by atoms with Gasteiger partial charge in [-0.25, -0.2) is 0 Å². The predicted molar refractivity (Wildman–Crippen MR) is 312 cm³/mol. The third-order valence-corrected chi connectivity index (χ3v) is 16.8. The van der Waals surface area contributed by atoms with E-state index >= 15 is 0 Å². The smallest absolute Gasteiger partial charge is 0.132 e. The van der Waals surface area contributed by atoms with Gasteiger partial charge in [-0.05, 0) is 139 Å². The number of ether oxygens (including phenoxy) is 2. The first-order valence-corrected chi connectivity index (χ1v) is 26.6. The van der Waals surface area contributed by atoms with E-state index in [1.165, 1.54) is 72.3 Å². The van der Waals surface area contributed by atoms with Gasteiger partial charge in [0.25, 0.3) is 0 Å². The molecule has 3 heteroatoms. The first kappa shape index (κ1) is 43.4. The van der Waals surface area contributed by atoms with Gasteiger partial charge in [0, 0.05) is 39.2 Å². The highest BCUT2D eigenvalue weighted by atomic mass is 16.5. The average molecular weight is 982 g/mol. The summed E-state index contributed by atoms with van der Waals surface area (Å²) in [6, 6.07) is 104. The Morgan fingerprint density at radius 1 is 0.221 bits per heavy atom. The molecule has 2 aliphatic carbocycles. The maximum Gasteiger partial charge on any atom is 0.132 e. The maximum atomic E-state index is 6.70. The summed E-state index contributed by atoms with van der Waals surface area (Å²) in [4.78, 5) is 2.42. The van der Waals surface area contributed by atoms with Crippen LogP contribution in [0.5, 0.6) is 23.0 Å². The van der Waals surface area contributed by atoms with Crippen LogP contribution in [-0.4, -0.2) is 0 Å². The Balaban J connectivity index is 0.842. The van der Waals surface area contributed by atoms with Crippen molar-refractivity contribution in [2.75, 3.05) is 4.90 Å². The van der Waals surface area contributed by atoms with E-state index in [0.717, 1.165) is 67.9 Å². The van der Waals surface area contributed by atoms with E-state index in [1.54, 1.807) is 0 Å². The summed E-state index contributed by atoms with van der Waals surface area (Å²) in [5.74, 6) is 3.57. The highest BCUT2D eigenvalue weighted by Gasteiger charge is 2.52. The van der Waals surface area contributed by atoms with Crippen LogP contribution >= 0.6 is 0 Å². The number of nitrogens with zero attached hydrogens (tertiary/aromatic N) is 1. The molecule has 3 nitrogen and oxygen atoms in total. The summed E-state index contributed by atoms with van der Waals surface area (Å²) in [7, 11) is 0. The van der Waals surface area contributed by atoms with Crippen molar-refractivity contribution in [1.29, 1.82) is 0 Å². The molecule has 0 unspecified atom stereocenters. The van der Waals surface area contributed by atoms with Crippen LogP contribution in [-0.2, 0) is 10.8 Å². The van der Waals surface area contributed by atoms with Gasteiger partial charge in [0.1, 0.15) is 23.0 Å². The van der Waals surface area contributed by atoms with Crippen LogP contribution in [0, 0.1) is 0 Å². The lowest BCUT2D eigenvalue weighted by atomic mass is 9.66.